The predicted molar refractivity (Wildman–Crippen MR) is 173 cm³/mol. The van der Waals surface area contributed by atoms with Gasteiger partial charge in [0.2, 0.25) is 0 Å². The topological polar surface area (TPSA) is 9.86 Å². The minimum Gasteiger partial charge on any atom is -0.310 e. The van der Waals surface area contributed by atoms with Gasteiger partial charge in [-0.3, -0.25) is 0 Å². The van der Waals surface area contributed by atoms with Crippen LogP contribution in [-0.2, 0) is 0 Å². The summed E-state index contributed by atoms with van der Waals surface area (Å²) in [6.45, 7) is 0.175. The van der Waals surface area contributed by atoms with Crippen molar-refractivity contribution in [1.82, 2.24) is 9.13 Å². The predicted octanol–water partition coefficient (Wildman–Crippen LogP) is 7.39. The van der Waals surface area contributed by atoms with Crippen LogP contribution in [0.1, 0.15) is 0 Å². The fourth-order valence-corrected chi connectivity index (χ4v) is 9.19. The van der Waals surface area contributed by atoms with E-state index in [9.17, 15) is 0 Å². The number of benzene rings is 6. The largest absolute Gasteiger partial charge is 0.310 e. The van der Waals surface area contributed by atoms with Gasteiger partial charge in [-0.25, -0.2) is 0 Å². The van der Waals surface area contributed by atoms with Crippen molar-refractivity contribution in [2.24, 2.45) is 0 Å². The number of fused-ring (bicyclic) bond motifs is 15. The Kier molecular flexibility index (Phi) is 3.36. The van der Waals surface area contributed by atoms with Crippen LogP contribution in [0.4, 0.5) is 0 Å². The molecule has 0 bridgehead atoms. The lowest BCUT2D eigenvalue weighted by Gasteiger charge is -2.33. The summed E-state index contributed by atoms with van der Waals surface area (Å²) in [6.07, 6.45) is 0. The summed E-state index contributed by atoms with van der Waals surface area (Å²) in [4.78, 5) is 0. The van der Waals surface area contributed by atoms with Crippen molar-refractivity contribution in [2.45, 2.75) is 0 Å². The highest BCUT2D eigenvalue weighted by Crippen LogP contribution is 2.43. The molecule has 2 nitrogen and oxygen atoms in total. The van der Waals surface area contributed by atoms with Crippen LogP contribution in [0.25, 0.3) is 75.2 Å². The van der Waals surface area contributed by atoms with E-state index in [4.69, 9.17) is 0 Å². The first kappa shape index (κ1) is 20.2. The number of rotatable bonds is 0. The van der Waals surface area contributed by atoms with Gasteiger partial charge in [0.15, 0.2) is 0 Å². The molecule has 0 atom stereocenters. The third-order valence-electron chi connectivity index (χ3n) is 9.50. The molecule has 2 aliphatic rings. The average Bonchev–Trinajstić information content (AvgIpc) is 3.67. The standard InChI is InChI=1S/C36H19BN2S/c1-4-13-27-20(8-1)22-11-7-12-25-34(22)38(27)29-18-16-23-21-9-2-5-14-28(21)39-35(23)33(29)37(25)26-17-19-31-32(36(26)39)24-10-3-6-15-30(24)40-31/h1-19H. The van der Waals surface area contributed by atoms with Crippen LogP contribution in [0.2, 0.25) is 0 Å². The highest BCUT2D eigenvalue weighted by atomic mass is 32.1. The molecule has 0 saturated carbocycles. The maximum absolute atomic E-state index is 2.60. The van der Waals surface area contributed by atoms with E-state index in [1.807, 2.05) is 11.3 Å². The zero-order valence-electron chi connectivity index (χ0n) is 21.3. The molecule has 0 amide bonds. The van der Waals surface area contributed by atoms with E-state index >= 15 is 0 Å². The highest BCUT2D eigenvalue weighted by Gasteiger charge is 2.41. The molecular weight excluding hydrogens is 503 g/mol. The Balaban J connectivity index is 1.46. The molecule has 0 saturated heterocycles. The van der Waals surface area contributed by atoms with Gasteiger partial charge in [0.05, 0.1) is 22.2 Å². The second-order valence-corrected chi connectivity index (χ2v) is 12.3. The van der Waals surface area contributed by atoms with Gasteiger partial charge in [-0.2, -0.15) is 0 Å². The monoisotopic (exact) mass is 522 g/mol. The molecule has 9 aromatic rings. The Morgan fingerprint density at radius 1 is 0.475 bits per heavy atom. The summed E-state index contributed by atoms with van der Waals surface area (Å²) in [5.74, 6) is 0. The molecule has 2 aliphatic heterocycles. The molecule has 0 N–H and O–H groups in total. The van der Waals surface area contributed by atoms with Crippen molar-refractivity contribution in [1.29, 1.82) is 0 Å². The van der Waals surface area contributed by atoms with Gasteiger partial charge in [-0.1, -0.05) is 84.9 Å². The van der Waals surface area contributed by atoms with E-state index in [1.165, 1.54) is 91.5 Å². The van der Waals surface area contributed by atoms with Gasteiger partial charge in [0, 0.05) is 52.9 Å². The third kappa shape index (κ3) is 2.10. The minimum absolute atomic E-state index is 0.175. The molecule has 4 heteroatoms. The summed E-state index contributed by atoms with van der Waals surface area (Å²) in [7, 11) is 0. The van der Waals surface area contributed by atoms with E-state index in [1.54, 1.807) is 0 Å². The van der Waals surface area contributed by atoms with Crippen LogP contribution in [0.15, 0.2) is 115 Å². The van der Waals surface area contributed by atoms with Crippen molar-refractivity contribution >= 4 is 98.2 Å². The van der Waals surface area contributed by atoms with E-state index in [0.717, 1.165) is 0 Å². The Labute approximate surface area is 233 Å². The van der Waals surface area contributed by atoms with E-state index in [0.29, 0.717) is 0 Å². The maximum Gasteiger partial charge on any atom is 0.252 e. The number of hydrogen-bond donors (Lipinski definition) is 0. The molecule has 5 heterocycles. The highest BCUT2D eigenvalue weighted by molar-refractivity contribution is 7.26. The van der Waals surface area contributed by atoms with Gasteiger partial charge in [0.25, 0.3) is 6.71 Å². The SMILES string of the molecule is c1ccc2c(c1)sc1ccc3c(c12)-n1c2ccccc2c2ccc4c(c21)B3c1cccc2c3ccccc3n-4c12. The van der Waals surface area contributed by atoms with Crippen LogP contribution >= 0.6 is 11.3 Å². The lowest BCUT2D eigenvalue weighted by molar-refractivity contribution is 1.17. The molecule has 182 valence electrons. The van der Waals surface area contributed by atoms with E-state index in [2.05, 4.69) is 124 Å². The van der Waals surface area contributed by atoms with E-state index < -0.39 is 0 Å². The van der Waals surface area contributed by atoms with Gasteiger partial charge >= 0.3 is 0 Å². The fourth-order valence-electron chi connectivity index (χ4n) is 8.08. The smallest absolute Gasteiger partial charge is 0.252 e. The van der Waals surface area contributed by atoms with Gasteiger partial charge < -0.3 is 9.13 Å². The Bertz CT molecular complexity index is 2610. The quantitative estimate of drug-likeness (QED) is 0.184. The van der Waals surface area contributed by atoms with Crippen molar-refractivity contribution in [3.8, 4) is 11.4 Å². The minimum atomic E-state index is 0.175. The van der Waals surface area contributed by atoms with Crippen LogP contribution in [0.5, 0.6) is 0 Å². The Hall–Kier alpha value is -4.80. The van der Waals surface area contributed by atoms with Crippen molar-refractivity contribution in [3.05, 3.63) is 115 Å². The third-order valence-corrected chi connectivity index (χ3v) is 10.6. The summed E-state index contributed by atoms with van der Waals surface area (Å²) >= 11 is 1.91. The fraction of sp³-hybridized carbons (Fsp3) is 0. The maximum atomic E-state index is 2.60. The number of para-hydroxylation sites is 3. The van der Waals surface area contributed by atoms with Crippen LogP contribution < -0.4 is 16.4 Å². The molecule has 3 aromatic heterocycles. The molecule has 11 rings (SSSR count). The summed E-state index contributed by atoms with van der Waals surface area (Å²) < 4.78 is 7.85. The lowest BCUT2D eigenvalue weighted by atomic mass is 9.34. The molecular formula is C36H19BN2S. The zero-order valence-corrected chi connectivity index (χ0v) is 22.2. The van der Waals surface area contributed by atoms with Crippen LogP contribution in [-0.4, -0.2) is 15.8 Å². The Morgan fingerprint density at radius 2 is 1.18 bits per heavy atom. The summed E-state index contributed by atoms with van der Waals surface area (Å²) in [5.41, 5.74) is 12.2. The number of nitrogens with zero attached hydrogens (tertiary/aromatic N) is 2. The lowest BCUT2D eigenvalue weighted by Crippen LogP contribution is -2.59. The van der Waals surface area contributed by atoms with Crippen LogP contribution in [0, 0.1) is 0 Å². The summed E-state index contributed by atoms with van der Waals surface area (Å²) in [6, 6.07) is 43.3. The van der Waals surface area contributed by atoms with Gasteiger partial charge in [-0.05, 0) is 46.7 Å². The van der Waals surface area contributed by atoms with E-state index in [-0.39, 0.29) is 6.71 Å². The normalized spacial score (nSPS) is 13.4. The van der Waals surface area contributed by atoms with Crippen molar-refractivity contribution < 1.29 is 0 Å². The number of thiophene rings is 1. The van der Waals surface area contributed by atoms with Gasteiger partial charge in [-0.15, -0.1) is 11.3 Å². The molecule has 6 aromatic carbocycles. The second-order valence-electron chi connectivity index (χ2n) is 11.3. The summed E-state index contributed by atoms with van der Waals surface area (Å²) in [5, 5.41) is 8.07. The first-order valence-electron chi connectivity index (χ1n) is 13.9. The van der Waals surface area contributed by atoms with Gasteiger partial charge in [0.1, 0.15) is 0 Å². The number of hydrogen-bond acceptors (Lipinski definition) is 1. The average molecular weight is 522 g/mol. The zero-order chi connectivity index (χ0) is 25.7. The van der Waals surface area contributed by atoms with Crippen molar-refractivity contribution in [2.75, 3.05) is 0 Å². The van der Waals surface area contributed by atoms with Crippen molar-refractivity contribution in [3.63, 3.8) is 0 Å². The molecule has 0 unspecified atom stereocenters. The number of aromatic nitrogens is 2. The Morgan fingerprint density at radius 3 is 2.02 bits per heavy atom. The first-order chi connectivity index (χ1) is 19.9. The molecule has 40 heavy (non-hydrogen) atoms. The molecule has 0 aliphatic carbocycles. The first-order valence-corrected chi connectivity index (χ1v) is 14.7. The molecule has 0 radical (unpaired) electrons. The second kappa shape index (κ2) is 6.67. The van der Waals surface area contributed by atoms with Crippen LogP contribution in [0.3, 0.4) is 0 Å². The molecule has 0 fully saturated rings. The molecule has 0 spiro atoms.